The van der Waals surface area contributed by atoms with E-state index < -0.39 is 11.8 Å². The molecule has 1 aliphatic rings. The lowest BCUT2D eigenvalue weighted by atomic mass is 10.1. The highest BCUT2D eigenvalue weighted by Crippen LogP contribution is 2.32. The van der Waals surface area contributed by atoms with Crippen molar-refractivity contribution in [2.75, 3.05) is 10.6 Å². The summed E-state index contributed by atoms with van der Waals surface area (Å²) in [5.41, 5.74) is 3.13. The first-order valence-electron chi connectivity index (χ1n) is 7.41. The second kappa shape index (κ2) is 6.54. The van der Waals surface area contributed by atoms with E-state index >= 15 is 0 Å². The van der Waals surface area contributed by atoms with Crippen LogP contribution in [0, 0.1) is 5.82 Å². The Morgan fingerprint density at radius 1 is 1.21 bits per heavy atom. The van der Waals surface area contributed by atoms with E-state index in [-0.39, 0.29) is 12.3 Å². The van der Waals surface area contributed by atoms with Gasteiger partial charge in [-0.25, -0.2) is 4.39 Å². The highest BCUT2D eigenvalue weighted by atomic mass is 19.1. The van der Waals surface area contributed by atoms with Gasteiger partial charge in [-0.3, -0.25) is 9.59 Å². The molecular formula is C18H15FN2O3. The van der Waals surface area contributed by atoms with E-state index in [4.69, 9.17) is 5.11 Å². The fraction of sp³-hybridized carbons (Fsp3) is 0.111. The van der Waals surface area contributed by atoms with E-state index in [1.807, 2.05) is 12.1 Å². The van der Waals surface area contributed by atoms with E-state index in [1.165, 1.54) is 24.4 Å². The Kier molecular flexibility index (Phi) is 4.29. The number of fused-ring (bicyclic) bond motifs is 1. The van der Waals surface area contributed by atoms with Gasteiger partial charge in [-0.05, 0) is 42.3 Å². The van der Waals surface area contributed by atoms with Crippen molar-refractivity contribution in [1.82, 2.24) is 0 Å². The van der Waals surface area contributed by atoms with Crippen LogP contribution in [0.5, 0.6) is 0 Å². The zero-order chi connectivity index (χ0) is 17.1. The van der Waals surface area contributed by atoms with Crippen LogP contribution in [-0.4, -0.2) is 17.0 Å². The number of hydrogen-bond acceptors (Lipinski definition) is 3. The number of amides is 1. The highest BCUT2D eigenvalue weighted by Gasteiger charge is 2.24. The standard InChI is InChI=1S/C18H15FN2O3/c19-12-4-7-16-14(9-12)15(18(24)21-16)10-20-13-5-1-11(2-6-13)3-8-17(22)23/h1-2,4-7,9-10,20H,3,8H2,(H,21,24)(H,22,23)/b15-10-. The first-order chi connectivity index (χ1) is 11.5. The van der Waals surface area contributed by atoms with Crippen molar-refractivity contribution in [1.29, 1.82) is 0 Å². The molecule has 0 aromatic heterocycles. The van der Waals surface area contributed by atoms with Gasteiger partial charge in [0.25, 0.3) is 5.91 Å². The summed E-state index contributed by atoms with van der Waals surface area (Å²) >= 11 is 0. The van der Waals surface area contributed by atoms with Crippen LogP contribution in [0.4, 0.5) is 15.8 Å². The average Bonchev–Trinajstić information content (AvgIpc) is 2.86. The van der Waals surface area contributed by atoms with Gasteiger partial charge in [0.1, 0.15) is 5.82 Å². The third-order valence-electron chi connectivity index (χ3n) is 3.73. The summed E-state index contributed by atoms with van der Waals surface area (Å²) in [5, 5.41) is 14.4. The second-order valence-electron chi connectivity index (χ2n) is 5.44. The molecule has 0 atom stereocenters. The van der Waals surface area contributed by atoms with Gasteiger partial charge >= 0.3 is 5.97 Å². The number of carbonyl (C=O) groups is 2. The third kappa shape index (κ3) is 3.43. The molecule has 2 aromatic rings. The lowest BCUT2D eigenvalue weighted by Crippen LogP contribution is -2.05. The molecule has 3 N–H and O–H groups in total. The van der Waals surface area contributed by atoms with Crippen molar-refractivity contribution in [3.05, 3.63) is 65.6 Å². The highest BCUT2D eigenvalue weighted by molar-refractivity contribution is 6.31. The van der Waals surface area contributed by atoms with E-state index in [0.717, 1.165) is 11.3 Å². The fourth-order valence-electron chi connectivity index (χ4n) is 2.48. The van der Waals surface area contributed by atoms with Gasteiger partial charge in [0.15, 0.2) is 0 Å². The van der Waals surface area contributed by atoms with Crippen LogP contribution in [0.2, 0.25) is 0 Å². The molecule has 0 spiro atoms. The Balaban J connectivity index is 1.73. The summed E-state index contributed by atoms with van der Waals surface area (Å²) in [4.78, 5) is 22.5. The van der Waals surface area contributed by atoms with Gasteiger partial charge in [-0.2, -0.15) is 0 Å². The van der Waals surface area contributed by atoms with Crippen molar-refractivity contribution < 1.29 is 19.1 Å². The Bertz CT molecular complexity index is 829. The molecule has 0 radical (unpaired) electrons. The van der Waals surface area contributed by atoms with E-state index in [0.29, 0.717) is 23.2 Å². The molecule has 6 heteroatoms. The molecule has 0 saturated heterocycles. The molecule has 5 nitrogen and oxygen atoms in total. The molecule has 0 unspecified atom stereocenters. The zero-order valence-electron chi connectivity index (χ0n) is 12.7. The van der Waals surface area contributed by atoms with E-state index in [1.54, 1.807) is 12.1 Å². The monoisotopic (exact) mass is 326 g/mol. The van der Waals surface area contributed by atoms with Crippen molar-refractivity contribution in [3.8, 4) is 0 Å². The van der Waals surface area contributed by atoms with Gasteiger partial charge in [0, 0.05) is 29.6 Å². The number of carboxylic acid groups (broad SMARTS) is 1. The van der Waals surface area contributed by atoms with E-state index in [9.17, 15) is 14.0 Å². The minimum Gasteiger partial charge on any atom is -0.481 e. The molecule has 0 bridgehead atoms. The number of rotatable bonds is 5. The first kappa shape index (κ1) is 15.7. The smallest absolute Gasteiger partial charge is 0.303 e. The molecule has 3 rings (SSSR count). The van der Waals surface area contributed by atoms with Crippen LogP contribution < -0.4 is 10.6 Å². The van der Waals surface area contributed by atoms with Crippen LogP contribution in [0.1, 0.15) is 17.5 Å². The van der Waals surface area contributed by atoms with Gasteiger partial charge in [0.2, 0.25) is 0 Å². The van der Waals surface area contributed by atoms with Crippen LogP contribution in [0.25, 0.3) is 5.57 Å². The molecule has 0 saturated carbocycles. The number of hydrogen-bond donors (Lipinski definition) is 3. The number of nitrogens with one attached hydrogen (secondary N) is 2. The Hall–Kier alpha value is -3.15. The predicted octanol–water partition coefficient (Wildman–Crippen LogP) is 3.25. The number of anilines is 2. The Labute approximate surface area is 137 Å². The maximum Gasteiger partial charge on any atom is 0.303 e. The molecule has 0 aliphatic carbocycles. The Morgan fingerprint density at radius 2 is 1.96 bits per heavy atom. The topological polar surface area (TPSA) is 78.4 Å². The largest absolute Gasteiger partial charge is 0.481 e. The summed E-state index contributed by atoms with van der Waals surface area (Å²) in [6.45, 7) is 0. The number of aryl methyl sites for hydroxylation is 1. The molecule has 122 valence electrons. The van der Waals surface area contributed by atoms with Gasteiger partial charge < -0.3 is 15.7 Å². The normalized spacial score (nSPS) is 14.4. The maximum absolute atomic E-state index is 13.4. The quantitative estimate of drug-likeness (QED) is 0.737. The van der Waals surface area contributed by atoms with Crippen molar-refractivity contribution in [3.63, 3.8) is 0 Å². The fourth-order valence-corrected chi connectivity index (χ4v) is 2.48. The number of benzene rings is 2. The van der Waals surface area contributed by atoms with Gasteiger partial charge in [-0.1, -0.05) is 12.1 Å². The SMILES string of the molecule is O=C(O)CCc1ccc(N/C=C2\C(=O)Nc3ccc(F)cc32)cc1. The molecule has 0 fully saturated rings. The summed E-state index contributed by atoms with van der Waals surface area (Å²) in [7, 11) is 0. The van der Waals surface area contributed by atoms with Crippen LogP contribution in [-0.2, 0) is 16.0 Å². The number of carbonyl (C=O) groups excluding carboxylic acids is 1. The summed E-state index contributed by atoms with van der Waals surface area (Å²) in [6, 6.07) is 11.4. The molecule has 1 aliphatic heterocycles. The van der Waals surface area contributed by atoms with Crippen molar-refractivity contribution in [2.45, 2.75) is 12.8 Å². The molecule has 24 heavy (non-hydrogen) atoms. The number of aliphatic carboxylic acids is 1. The van der Waals surface area contributed by atoms with Crippen LogP contribution >= 0.6 is 0 Å². The van der Waals surface area contributed by atoms with Crippen LogP contribution in [0.3, 0.4) is 0 Å². The molecular weight excluding hydrogens is 311 g/mol. The minimum atomic E-state index is -0.833. The summed E-state index contributed by atoms with van der Waals surface area (Å²) < 4.78 is 13.4. The summed E-state index contributed by atoms with van der Waals surface area (Å²) in [5.74, 6) is -1.53. The maximum atomic E-state index is 13.4. The zero-order valence-corrected chi connectivity index (χ0v) is 12.7. The van der Waals surface area contributed by atoms with Crippen molar-refractivity contribution >= 4 is 28.8 Å². The molecule has 1 amide bonds. The third-order valence-corrected chi connectivity index (χ3v) is 3.73. The lowest BCUT2D eigenvalue weighted by Gasteiger charge is -2.04. The van der Waals surface area contributed by atoms with Crippen molar-refractivity contribution in [2.24, 2.45) is 0 Å². The lowest BCUT2D eigenvalue weighted by molar-refractivity contribution is -0.137. The molecule has 1 heterocycles. The second-order valence-corrected chi connectivity index (χ2v) is 5.44. The predicted molar refractivity (Wildman–Crippen MR) is 89.0 cm³/mol. The number of halogens is 1. The summed E-state index contributed by atoms with van der Waals surface area (Å²) in [6.07, 6.45) is 2.08. The van der Waals surface area contributed by atoms with Gasteiger partial charge in [-0.15, -0.1) is 0 Å². The number of carboxylic acids is 1. The first-order valence-corrected chi connectivity index (χ1v) is 7.41. The average molecular weight is 326 g/mol. The minimum absolute atomic E-state index is 0.0827. The van der Waals surface area contributed by atoms with Crippen LogP contribution in [0.15, 0.2) is 48.7 Å². The van der Waals surface area contributed by atoms with E-state index in [2.05, 4.69) is 10.6 Å². The van der Waals surface area contributed by atoms with Gasteiger partial charge in [0.05, 0.1) is 5.57 Å². The molecule has 2 aromatic carbocycles. The Morgan fingerprint density at radius 3 is 2.67 bits per heavy atom.